The van der Waals surface area contributed by atoms with E-state index < -0.39 is 17.7 Å². The second-order valence-corrected chi connectivity index (χ2v) is 9.61. The third-order valence-electron chi connectivity index (χ3n) is 6.40. The number of fused-ring (bicyclic) bond motifs is 1. The van der Waals surface area contributed by atoms with Crippen LogP contribution in [-0.4, -0.2) is 36.3 Å². The molecular weight excluding hydrogens is 573 g/mol. The van der Waals surface area contributed by atoms with Crippen LogP contribution in [0.25, 0.3) is 22.0 Å². The number of hydrazone groups is 1. The van der Waals surface area contributed by atoms with Crippen LogP contribution in [-0.2, 0) is 0 Å². The second kappa shape index (κ2) is 13.2. The maximum Gasteiger partial charge on any atom is 0.343 e. The number of benzene rings is 4. The highest BCUT2D eigenvalue weighted by Gasteiger charge is 2.21. The standard InChI is InChI=1S/C33H27ClFN3O5/c1-3-41-28-16-13-20(17-29(28)42-4-2)33(40)43-27-12-8-5-9-21(27)19-36-38-32(39)31-30(23-10-6-7-11-25(23)34)24-18-22(35)14-15-26(24)37-31/h5-19,37H,3-4H2,1-2H3,(H,38,39). The molecule has 1 aromatic heterocycles. The van der Waals surface area contributed by atoms with Crippen LogP contribution in [0, 0.1) is 5.82 Å². The van der Waals surface area contributed by atoms with E-state index in [1.54, 1.807) is 72.8 Å². The first-order valence-corrected chi connectivity index (χ1v) is 13.9. The summed E-state index contributed by atoms with van der Waals surface area (Å²) in [6.45, 7) is 4.55. The lowest BCUT2D eigenvalue weighted by Crippen LogP contribution is -2.19. The van der Waals surface area contributed by atoms with Crippen molar-refractivity contribution in [3.63, 3.8) is 0 Å². The molecule has 0 aliphatic rings. The van der Waals surface area contributed by atoms with E-state index in [0.717, 1.165) is 0 Å². The zero-order chi connectivity index (χ0) is 30.3. The first-order valence-electron chi connectivity index (χ1n) is 13.5. The lowest BCUT2D eigenvalue weighted by Gasteiger charge is -2.12. The number of ether oxygens (including phenoxy) is 3. The van der Waals surface area contributed by atoms with Gasteiger partial charge in [0, 0.05) is 32.6 Å². The summed E-state index contributed by atoms with van der Waals surface area (Å²) in [7, 11) is 0. The third kappa shape index (κ3) is 6.52. The summed E-state index contributed by atoms with van der Waals surface area (Å²) in [5.41, 5.74) is 4.94. The van der Waals surface area contributed by atoms with Gasteiger partial charge in [-0.05, 0) is 68.4 Å². The quantitative estimate of drug-likeness (QED) is 0.0753. The minimum atomic E-state index is -0.608. The lowest BCUT2D eigenvalue weighted by atomic mass is 10.0. The van der Waals surface area contributed by atoms with Crippen LogP contribution in [0.4, 0.5) is 4.39 Å². The summed E-state index contributed by atoms with van der Waals surface area (Å²) in [5.74, 6) is -0.432. The van der Waals surface area contributed by atoms with Crippen molar-refractivity contribution >= 4 is 40.6 Å². The van der Waals surface area contributed by atoms with Crippen molar-refractivity contribution in [3.05, 3.63) is 113 Å². The van der Waals surface area contributed by atoms with Crippen LogP contribution in [0.2, 0.25) is 5.02 Å². The molecule has 0 aliphatic heterocycles. The molecule has 1 amide bonds. The Labute approximate surface area is 252 Å². The van der Waals surface area contributed by atoms with Crippen molar-refractivity contribution in [3.8, 4) is 28.4 Å². The first-order chi connectivity index (χ1) is 20.9. The molecule has 4 aromatic carbocycles. The zero-order valence-corrected chi connectivity index (χ0v) is 24.1. The van der Waals surface area contributed by atoms with Crippen molar-refractivity contribution < 1.29 is 28.2 Å². The molecule has 0 aliphatic carbocycles. The fourth-order valence-corrected chi connectivity index (χ4v) is 4.74. The Balaban J connectivity index is 1.37. The van der Waals surface area contributed by atoms with E-state index in [0.29, 0.717) is 57.3 Å². The maximum atomic E-state index is 14.2. The van der Waals surface area contributed by atoms with Crippen molar-refractivity contribution in [2.45, 2.75) is 13.8 Å². The van der Waals surface area contributed by atoms with E-state index in [1.165, 1.54) is 18.3 Å². The fraction of sp³-hybridized carbons (Fsp3) is 0.121. The molecule has 1 heterocycles. The predicted molar refractivity (Wildman–Crippen MR) is 164 cm³/mol. The molecule has 5 aromatic rings. The highest BCUT2D eigenvalue weighted by molar-refractivity contribution is 6.34. The number of aromatic amines is 1. The van der Waals surface area contributed by atoms with Gasteiger partial charge in [-0.2, -0.15) is 5.10 Å². The summed E-state index contributed by atoms with van der Waals surface area (Å²) < 4.78 is 31.0. The molecule has 0 spiro atoms. The molecule has 0 radical (unpaired) electrons. The van der Waals surface area contributed by atoms with Crippen LogP contribution in [0.1, 0.15) is 40.3 Å². The molecule has 218 valence electrons. The number of aromatic nitrogens is 1. The zero-order valence-electron chi connectivity index (χ0n) is 23.3. The van der Waals surface area contributed by atoms with E-state index >= 15 is 0 Å². The van der Waals surface area contributed by atoms with E-state index in [4.69, 9.17) is 25.8 Å². The van der Waals surface area contributed by atoms with Gasteiger partial charge in [-0.25, -0.2) is 14.6 Å². The van der Waals surface area contributed by atoms with Gasteiger partial charge in [0.15, 0.2) is 11.5 Å². The normalized spacial score (nSPS) is 11.1. The van der Waals surface area contributed by atoms with Crippen molar-refractivity contribution in [2.75, 3.05) is 13.2 Å². The van der Waals surface area contributed by atoms with Crippen LogP contribution in [0.3, 0.4) is 0 Å². The smallest absolute Gasteiger partial charge is 0.343 e. The number of carbonyl (C=O) groups excluding carboxylic acids is 2. The van der Waals surface area contributed by atoms with Gasteiger partial charge >= 0.3 is 5.97 Å². The fourth-order valence-electron chi connectivity index (χ4n) is 4.51. The van der Waals surface area contributed by atoms with Gasteiger partial charge in [-0.3, -0.25) is 4.79 Å². The number of rotatable bonds is 10. The van der Waals surface area contributed by atoms with Gasteiger partial charge < -0.3 is 19.2 Å². The van der Waals surface area contributed by atoms with Gasteiger partial charge in [-0.1, -0.05) is 41.9 Å². The Kier molecular flexibility index (Phi) is 9.02. The van der Waals surface area contributed by atoms with Crippen LogP contribution >= 0.6 is 11.6 Å². The van der Waals surface area contributed by atoms with Crippen molar-refractivity contribution in [2.24, 2.45) is 5.10 Å². The number of halogens is 2. The average Bonchev–Trinajstić information content (AvgIpc) is 3.38. The molecule has 10 heteroatoms. The third-order valence-corrected chi connectivity index (χ3v) is 6.73. The molecule has 0 saturated heterocycles. The SMILES string of the molecule is CCOc1ccc(C(=O)Oc2ccccc2C=NNC(=O)c2[nH]c3ccc(F)cc3c2-c2ccccc2Cl)cc1OCC. The molecule has 8 nitrogen and oxygen atoms in total. The second-order valence-electron chi connectivity index (χ2n) is 9.20. The van der Waals surface area contributed by atoms with Crippen LogP contribution < -0.4 is 19.6 Å². The number of amides is 1. The number of para-hydroxylation sites is 1. The Bertz CT molecular complexity index is 1840. The molecule has 0 atom stereocenters. The van der Waals surface area contributed by atoms with E-state index in [9.17, 15) is 14.0 Å². The van der Waals surface area contributed by atoms with Gasteiger partial charge in [0.2, 0.25) is 0 Å². The summed E-state index contributed by atoms with van der Waals surface area (Å²) in [5, 5.41) is 5.00. The van der Waals surface area contributed by atoms with Gasteiger partial charge in [-0.15, -0.1) is 0 Å². The molecule has 5 rings (SSSR count). The number of nitrogens with one attached hydrogen (secondary N) is 2. The van der Waals surface area contributed by atoms with Crippen molar-refractivity contribution in [1.29, 1.82) is 0 Å². The van der Waals surface area contributed by atoms with Crippen LogP contribution in [0.5, 0.6) is 17.2 Å². The van der Waals surface area contributed by atoms with Gasteiger partial charge in [0.25, 0.3) is 5.91 Å². The Morgan fingerprint density at radius 1 is 0.907 bits per heavy atom. The molecule has 0 bridgehead atoms. The number of hydrogen-bond acceptors (Lipinski definition) is 6. The molecule has 0 unspecified atom stereocenters. The number of nitrogens with zero attached hydrogens (tertiary/aromatic N) is 1. The lowest BCUT2D eigenvalue weighted by molar-refractivity contribution is 0.0733. The van der Waals surface area contributed by atoms with E-state index in [1.807, 2.05) is 13.8 Å². The van der Waals surface area contributed by atoms with E-state index in [2.05, 4.69) is 15.5 Å². The summed E-state index contributed by atoms with van der Waals surface area (Å²) in [6, 6.07) is 22.8. The number of carbonyl (C=O) groups is 2. The molecule has 0 fully saturated rings. The summed E-state index contributed by atoms with van der Waals surface area (Å²) in [4.78, 5) is 29.3. The van der Waals surface area contributed by atoms with Gasteiger partial charge in [0.05, 0.1) is 25.0 Å². The van der Waals surface area contributed by atoms with E-state index in [-0.39, 0.29) is 17.0 Å². The monoisotopic (exact) mass is 599 g/mol. The number of hydrogen-bond donors (Lipinski definition) is 2. The number of esters is 1. The van der Waals surface area contributed by atoms with Gasteiger partial charge in [0.1, 0.15) is 17.3 Å². The summed E-state index contributed by atoms with van der Waals surface area (Å²) in [6.07, 6.45) is 1.36. The molecule has 2 N–H and O–H groups in total. The van der Waals surface area contributed by atoms with Crippen LogP contribution in [0.15, 0.2) is 90.0 Å². The summed E-state index contributed by atoms with van der Waals surface area (Å²) >= 11 is 6.44. The highest BCUT2D eigenvalue weighted by Crippen LogP contribution is 2.37. The Morgan fingerprint density at radius 2 is 1.65 bits per heavy atom. The maximum absolute atomic E-state index is 14.2. The molecule has 0 saturated carbocycles. The minimum absolute atomic E-state index is 0.158. The topological polar surface area (TPSA) is 102 Å². The number of H-pyrrole nitrogens is 1. The van der Waals surface area contributed by atoms with Crippen molar-refractivity contribution in [1.82, 2.24) is 10.4 Å². The molecular formula is C33H27ClFN3O5. The highest BCUT2D eigenvalue weighted by atomic mass is 35.5. The molecule has 43 heavy (non-hydrogen) atoms. The first kappa shape index (κ1) is 29.3. The Morgan fingerprint density at radius 3 is 2.44 bits per heavy atom. The minimum Gasteiger partial charge on any atom is -0.490 e. The average molecular weight is 600 g/mol. The largest absolute Gasteiger partial charge is 0.490 e. The Hall–Kier alpha value is -5.15. The predicted octanol–water partition coefficient (Wildman–Crippen LogP) is 7.41.